The molecule has 4 nitrogen and oxygen atoms in total. The van der Waals surface area contributed by atoms with Crippen LogP contribution >= 0.6 is 0 Å². The summed E-state index contributed by atoms with van der Waals surface area (Å²) in [5.41, 5.74) is 1.89. The molecule has 0 saturated carbocycles. The van der Waals surface area contributed by atoms with Crippen molar-refractivity contribution in [3.63, 3.8) is 0 Å². The minimum absolute atomic E-state index is 0.332. The Hall–Kier alpha value is -3.14. The van der Waals surface area contributed by atoms with Gasteiger partial charge in [-0.25, -0.2) is 4.68 Å². The van der Waals surface area contributed by atoms with Crippen molar-refractivity contribution in [1.82, 2.24) is 15.0 Å². The van der Waals surface area contributed by atoms with Crippen molar-refractivity contribution in [3.05, 3.63) is 79.0 Å². The van der Waals surface area contributed by atoms with Crippen LogP contribution in [0.2, 0.25) is 0 Å². The standard InChI is InChI=1S/C19H15N3O/c1-2-7-16(8-3-1)19-13-22(21-20-19)14-23-18-11-10-15-6-4-5-9-17(15)12-18/h1-13H,14H2. The number of hydrogen-bond donors (Lipinski definition) is 0. The lowest BCUT2D eigenvalue weighted by atomic mass is 10.1. The molecule has 0 aliphatic heterocycles. The zero-order chi connectivity index (χ0) is 15.5. The number of hydrogen-bond acceptors (Lipinski definition) is 3. The second-order valence-corrected chi connectivity index (χ2v) is 5.29. The maximum absolute atomic E-state index is 5.81. The zero-order valence-corrected chi connectivity index (χ0v) is 12.5. The fourth-order valence-corrected chi connectivity index (χ4v) is 2.50. The van der Waals surface area contributed by atoms with E-state index in [0.29, 0.717) is 6.73 Å². The quantitative estimate of drug-likeness (QED) is 0.569. The molecule has 0 amide bonds. The van der Waals surface area contributed by atoms with Crippen molar-refractivity contribution < 1.29 is 4.74 Å². The average molecular weight is 301 g/mol. The van der Waals surface area contributed by atoms with Gasteiger partial charge in [-0.05, 0) is 22.9 Å². The molecule has 4 rings (SSSR count). The molecule has 4 aromatic rings. The summed E-state index contributed by atoms with van der Waals surface area (Å²) in [7, 11) is 0. The smallest absolute Gasteiger partial charge is 0.182 e. The molecule has 0 saturated heterocycles. The summed E-state index contributed by atoms with van der Waals surface area (Å²) in [6.07, 6.45) is 1.89. The van der Waals surface area contributed by atoms with Crippen molar-refractivity contribution >= 4 is 10.8 Å². The lowest BCUT2D eigenvalue weighted by Gasteiger charge is -2.06. The average Bonchev–Trinajstić information content (AvgIpc) is 3.10. The Balaban J connectivity index is 1.49. The van der Waals surface area contributed by atoms with Crippen LogP contribution in [0.15, 0.2) is 79.0 Å². The fraction of sp³-hybridized carbons (Fsp3) is 0.0526. The molecule has 0 atom stereocenters. The summed E-state index contributed by atoms with van der Waals surface area (Å²) in [5.74, 6) is 0.820. The highest BCUT2D eigenvalue weighted by Gasteiger charge is 2.04. The molecule has 3 aromatic carbocycles. The fourth-order valence-electron chi connectivity index (χ4n) is 2.50. The highest BCUT2D eigenvalue weighted by Crippen LogP contribution is 2.21. The molecule has 0 N–H and O–H groups in total. The Kier molecular flexibility index (Phi) is 3.48. The number of ether oxygens (including phenoxy) is 1. The molecule has 0 aliphatic rings. The number of aromatic nitrogens is 3. The van der Waals surface area contributed by atoms with Crippen LogP contribution in [-0.4, -0.2) is 15.0 Å². The van der Waals surface area contributed by atoms with Crippen LogP contribution in [0.5, 0.6) is 5.75 Å². The van der Waals surface area contributed by atoms with Gasteiger partial charge in [0.15, 0.2) is 6.73 Å². The minimum atomic E-state index is 0.332. The Morgan fingerprint density at radius 3 is 2.48 bits per heavy atom. The lowest BCUT2D eigenvalue weighted by molar-refractivity contribution is 0.218. The van der Waals surface area contributed by atoms with Gasteiger partial charge >= 0.3 is 0 Å². The van der Waals surface area contributed by atoms with Gasteiger partial charge in [-0.1, -0.05) is 65.9 Å². The number of fused-ring (bicyclic) bond motifs is 1. The van der Waals surface area contributed by atoms with E-state index in [2.05, 4.69) is 28.5 Å². The van der Waals surface area contributed by atoms with E-state index < -0.39 is 0 Å². The van der Waals surface area contributed by atoms with Crippen LogP contribution in [0.3, 0.4) is 0 Å². The predicted octanol–water partition coefficient (Wildman–Crippen LogP) is 4.13. The topological polar surface area (TPSA) is 39.9 Å². The highest BCUT2D eigenvalue weighted by atomic mass is 16.5. The van der Waals surface area contributed by atoms with Crippen molar-refractivity contribution in [2.45, 2.75) is 6.73 Å². The number of rotatable bonds is 4. The third kappa shape index (κ3) is 2.92. The van der Waals surface area contributed by atoms with Crippen LogP contribution in [-0.2, 0) is 6.73 Å². The second kappa shape index (κ2) is 5.93. The number of benzene rings is 3. The molecule has 0 unspecified atom stereocenters. The monoisotopic (exact) mass is 301 g/mol. The SMILES string of the molecule is c1ccc(-c2cn(COc3ccc4ccccc4c3)nn2)cc1. The van der Waals surface area contributed by atoms with E-state index in [0.717, 1.165) is 22.4 Å². The van der Waals surface area contributed by atoms with Gasteiger partial charge in [0.25, 0.3) is 0 Å². The van der Waals surface area contributed by atoms with Crippen molar-refractivity contribution in [1.29, 1.82) is 0 Å². The lowest BCUT2D eigenvalue weighted by Crippen LogP contribution is -2.05. The molecule has 1 heterocycles. The third-order valence-corrected chi connectivity index (χ3v) is 3.69. The molecule has 0 bridgehead atoms. The molecule has 0 radical (unpaired) electrons. The summed E-state index contributed by atoms with van der Waals surface area (Å²) in [6, 6.07) is 24.3. The second-order valence-electron chi connectivity index (χ2n) is 5.29. The first-order valence-electron chi connectivity index (χ1n) is 7.46. The van der Waals surface area contributed by atoms with Crippen molar-refractivity contribution in [2.24, 2.45) is 0 Å². The Morgan fingerprint density at radius 2 is 1.61 bits per heavy atom. The molecule has 0 spiro atoms. The summed E-state index contributed by atoms with van der Waals surface area (Å²) in [4.78, 5) is 0. The Morgan fingerprint density at radius 1 is 0.826 bits per heavy atom. The van der Waals surface area contributed by atoms with E-state index in [1.807, 2.05) is 60.8 Å². The summed E-state index contributed by atoms with van der Waals surface area (Å²) in [5, 5.41) is 10.7. The zero-order valence-electron chi connectivity index (χ0n) is 12.5. The van der Waals surface area contributed by atoms with Gasteiger partial charge in [-0.3, -0.25) is 0 Å². The predicted molar refractivity (Wildman–Crippen MR) is 90.0 cm³/mol. The molecule has 4 heteroatoms. The van der Waals surface area contributed by atoms with E-state index in [1.165, 1.54) is 5.39 Å². The van der Waals surface area contributed by atoms with Crippen LogP contribution in [0, 0.1) is 0 Å². The Labute approximate surface area is 134 Å². The summed E-state index contributed by atoms with van der Waals surface area (Å²) >= 11 is 0. The van der Waals surface area contributed by atoms with Crippen molar-refractivity contribution in [3.8, 4) is 17.0 Å². The molecule has 112 valence electrons. The minimum Gasteiger partial charge on any atom is -0.471 e. The van der Waals surface area contributed by atoms with E-state index >= 15 is 0 Å². The summed E-state index contributed by atoms with van der Waals surface area (Å²) in [6.45, 7) is 0.332. The van der Waals surface area contributed by atoms with Crippen LogP contribution in [0.4, 0.5) is 0 Å². The van der Waals surface area contributed by atoms with Crippen LogP contribution in [0.1, 0.15) is 0 Å². The highest BCUT2D eigenvalue weighted by molar-refractivity contribution is 5.83. The number of nitrogens with zero attached hydrogens (tertiary/aromatic N) is 3. The molecule has 0 fully saturated rings. The van der Waals surface area contributed by atoms with Gasteiger partial charge in [0.05, 0.1) is 6.20 Å². The van der Waals surface area contributed by atoms with Gasteiger partial charge < -0.3 is 4.74 Å². The molecular weight excluding hydrogens is 286 g/mol. The first-order chi connectivity index (χ1) is 11.4. The van der Waals surface area contributed by atoms with E-state index in [4.69, 9.17) is 4.74 Å². The van der Waals surface area contributed by atoms with Gasteiger partial charge in [-0.15, -0.1) is 5.10 Å². The van der Waals surface area contributed by atoms with E-state index in [-0.39, 0.29) is 0 Å². The maximum atomic E-state index is 5.81. The largest absolute Gasteiger partial charge is 0.471 e. The van der Waals surface area contributed by atoms with E-state index in [9.17, 15) is 0 Å². The van der Waals surface area contributed by atoms with Gasteiger partial charge in [0, 0.05) is 5.56 Å². The van der Waals surface area contributed by atoms with Crippen molar-refractivity contribution in [2.75, 3.05) is 0 Å². The van der Waals surface area contributed by atoms with Crippen LogP contribution in [0.25, 0.3) is 22.0 Å². The summed E-state index contributed by atoms with van der Waals surface area (Å²) < 4.78 is 7.50. The first-order valence-corrected chi connectivity index (χ1v) is 7.46. The first kappa shape index (κ1) is 13.5. The molecule has 1 aromatic heterocycles. The van der Waals surface area contributed by atoms with Gasteiger partial charge in [0.1, 0.15) is 11.4 Å². The molecule has 23 heavy (non-hydrogen) atoms. The van der Waals surface area contributed by atoms with Gasteiger partial charge in [0.2, 0.25) is 0 Å². The van der Waals surface area contributed by atoms with E-state index in [1.54, 1.807) is 4.68 Å². The molecule has 0 aliphatic carbocycles. The molecular formula is C19H15N3O. The third-order valence-electron chi connectivity index (χ3n) is 3.69. The van der Waals surface area contributed by atoms with Gasteiger partial charge in [-0.2, -0.15) is 0 Å². The maximum Gasteiger partial charge on any atom is 0.182 e. The van der Waals surface area contributed by atoms with Crippen LogP contribution < -0.4 is 4.74 Å². The Bertz CT molecular complexity index is 931. The normalized spacial score (nSPS) is 10.8.